The second kappa shape index (κ2) is 8.53. The van der Waals surface area contributed by atoms with Crippen LogP contribution in [0.25, 0.3) is 0 Å². The molecule has 2 aromatic carbocycles. The molecular formula is C18H17FN4O3S2. The SMILES string of the molecule is Cn1c(CS(=O)(=O)c2ccccc2)nnc1SCC(=O)Nc1ccccc1F. The maximum atomic E-state index is 13.6. The molecule has 0 aliphatic rings. The molecule has 1 N–H and O–H groups in total. The van der Waals surface area contributed by atoms with Gasteiger partial charge in [0.1, 0.15) is 17.4 Å². The minimum Gasteiger partial charge on any atom is -0.323 e. The van der Waals surface area contributed by atoms with Crippen molar-refractivity contribution in [3.63, 3.8) is 0 Å². The third kappa shape index (κ3) is 4.76. The number of amides is 1. The third-order valence-corrected chi connectivity index (χ3v) is 6.48. The van der Waals surface area contributed by atoms with Crippen LogP contribution in [-0.2, 0) is 27.4 Å². The number of carbonyl (C=O) groups excluding carboxylic acids is 1. The lowest BCUT2D eigenvalue weighted by atomic mass is 10.3. The Hall–Kier alpha value is -2.72. The van der Waals surface area contributed by atoms with E-state index in [4.69, 9.17) is 0 Å². The summed E-state index contributed by atoms with van der Waals surface area (Å²) in [6, 6.07) is 14.0. The van der Waals surface area contributed by atoms with Gasteiger partial charge in [-0.3, -0.25) is 4.79 Å². The highest BCUT2D eigenvalue weighted by Crippen LogP contribution is 2.20. The van der Waals surface area contributed by atoms with Gasteiger partial charge in [0.15, 0.2) is 15.0 Å². The summed E-state index contributed by atoms with van der Waals surface area (Å²) < 4.78 is 40.1. The lowest BCUT2D eigenvalue weighted by Gasteiger charge is -2.07. The van der Waals surface area contributed by atoms with Crippen LogP contribution in [0.5, 0.6) is 0 Å². The van der Waals surface area contributed by atoms with Crippen LogP contribution in [0.1, 0.15) is 5.82 Å². The molecule has 10 heteroatoms. The van der Waals surface area contributed by atoms with E-state index in [9.17, 15) is 17.6 Å². The van der Waals surface area contributed by atoms with E-state index in [1.807, 2.05) is 0 Å². The average molecular weight is 420 g/mol. The van der Waals surface area contributed by atoms with Crippen molar-refractivity contribution in [3.8, 4) is 0 Å². The van der Waals surface area contributed by atoms with E-state index in [2.05, 4.69) is 15.5 Å². The van der Waals surface area contributed by atoms with E-state index in [1.54, 1.807) is 31.3 Å². The number of hydrogen-bond acceptors (Lipinski definition) is 6. The fourth-order valence-corrected chi connectivity index (χ4v) is 4.42. The lowest BCUT2D eigenvalue weighted by molar-refractivity contribution is -0.113. The van der Waals surface area contributed by atoms with Crippen molar-refractivity contribution in [2.45, 2.75) is 15.8 Å². The molecule has 28 heavy (non-hydrogen) atoms. The Labute approximate surface area is 165 Å². The minimum atomic E-state index is -3.55. The number of anilines is 1. The molecule has 0 radical (unpaired) electrons. The Kier molecular flexibility index (Phi) is 6.10. The van der Waals surface area contributed by atoms with E-state index in [0.717, 1.165) is 11.8 Å². The van der Waals surface area contributed by atoms with Crippen molar-refractivity contribution >= 4 is 33.2 Å². The number of rotatable bonds is 7. The Morgan fingerprint density at radius 3 is 2.50 bits per heavy atom. The van der Waals surface area contributed by atoms with Gasteiger partial charge in [-0.1, -0.05) is 42.1 Å². The molecule has 0 atom stereocenters. The van der Waals surface area contributed by atoms with Crippen molar-refractivity contribution < 1.29 is 17.6 Å². The van der Waals surface area contributed by atoms with Gasteiger partial charge in [-0.15, -0.1) is 10.2 Å². The monoisotopic (exact) mass is 420 g/mol. The van der Waals surface area contributed by atoms with Gasteiger partial charge in [-0.25, -0.2) is 12.8 Å². The summed E-state index contributed by atoms with van der Waals surface area (Å²) in [5.41, 5.74) is 0.0979. The molecule has 1 heterocycles. The van der Waals surface area contributed by atoms with E-state index >= 15 is 0 Å². The number of carbonyl (C=O) groups is 1. The van der Waals surface area contributed by atoms with E-state index < -0.39 is 21.6 Å². The zero-order chi connectivity index (χ0) is 20.1. The summed E-state index contributed by atoms with van der Waals surface area (Å²) in [6.45, 7) is 0. The highest BCUT2D eigenvalue weighted by atomic mass is 32.2. The first-order valence-electron chi connectivity index (χ1n) is 8.20. The quantitative estimate of drug-likeness (QED) is 0.591. The van der Waals surface area contributed by atoms with Crippen molar-refractivity contribution in [1.82, 2.24) is 14.8 Å². The van der Waals surface area contributed by atoms with Crippen LogP contribution in [0.15, 0.2) is 64.6 Å². The lowest BCUT2D eigenvalue weighted by Crippen LogP contribution is -2.15. The summed E-state index contributed by atoms with van der Waals surface area (Å²) in [6.07, 6.45) is 0. The van der Waals surface area contributed by atoms with E-state index in [0.29, 0.717) is 5.16 Å². The molecule has 3 aromatic rings. The van der Waals surface area contributed by atoms with Gasteiger partial charge in [0.2, 0.25) is 5.91 Å². The second-order valence-electron chi connectivity index (χ2n) is 5.85. The first-order chi connectivity index (χ1) is 13.4. The van der Waals surface area contributed by atoms with Gasteiger partial charge in [0.25, 0.3) is 0 Å². The predicted molar refractivity (Wildman–Crippen MR) is 104 cm³/mol. The average Bonchev–Trinajstić information content (AvgIpc) is 3.02. The maximum absolute atomic E-state index is 13.6. The number of benzene rings is 2. The number of nitrogens with one attached hydrogen (secondary N) is 1. The fraction of sp³-hybridized carbons (Fsp3) is 0.167. The molecule has 0 spiro atoms. The molecule has 3 rings (SSSR count). The second-order valence-corrected chi connectivity index (χ2v) is 8.78. The first kappa shape index (κ1) is 20.0. The summed E-state index contributed by atoms with van der Waals surface area (Å²) in [7, 11) is -1.92. The van der Waals surface area contributed by atoms with Gasteiger partial charge in [-0.2, -0.15) is 0 Å². The Bertz CT molecular complexity index is 1090. The van der Waals surface area contributed by atoms with Crippen LogP contribution < -0.4 is 5.32 Å². The van der Waals surface area contributed by atoms with Gasteiger partial charge >= 0.3 is 0 Å². The number of aromatic nitrogens is 3. The molecule has 0 unspecified atom stereocenters. The van der Waals surface area contributed by atoms with E-state index in [1.165, 1.54) is 34.9 Å². The molecule has 0 saturated carbocycles. The molecule has 0 bridgehead atoms. The van der Waals surface area contributed by atoms with Crippen LogP contribution in [0, 0.1) is 5.82 Å². The van der Waals surface area contributed by atoms with E-state index in [-0.39, 0.29) is 27.9 Å². The molecular weight excluding hydrogens is 403 g/mol. The third-order valence-electron chi connectivity index (χ3n) is 3.83. The zero-order valence-electron chi connectivity index (χ0n) is 14.9. The normalized spacial score (nSPS) is 11.4. The summed E-state index contributed by atoms with van der Waals surface area (Å²) in [5, 5.41) is 10.7. The highest BCUT2D eigenvalue weighted by Gasteiger charge is 2.20. The largest absolute Gasteiger partial charge is 0.323 e. The van der Waals surface area contributed by atoms with Crippen LogP contribution in [-0.4, -0.2) is 34.8 Å². The number of thioether (sulfide) groups is 1. The number of hydrogen-bond donors (Lipinski definition) is 1. The first-order valence-corrected chi connectivity index (χ1v) is 10.8. The molecule has 1 amide bonds. The molecule has 7 nitrogen and oxygen atoms in total. The molecule has 0 saturated heterocycles. The summed E-state index contributed by atoms with van der Waals surface area (Å²) in [4.78, 5) is 12.2. The van der Waals surface area contributed by atoms with Crippen molar-refractivity contribution in [2.75, 3.05) is 11.1 Å². The summed E-state index contributed by atoms with van der Waals surface area (Å²) >= 11 is 1.08. The van der Waals surface area contributed by atoms with Crippen LogP contribution in [0.2, 0.25) is 0 Å². The molecule has 0 fully saturated rings. The highest BCUT2D eigenvalue weighted by molar-refractivity contribution is 7.99. The predicted octanol–water partition coefficient (Wildman–Crippen LogP) is 2.66. The van der Waals surface area contributed by atoms with Crippen LogP contribution >= 0.6 is 11.8 Å². The number of sulfone groups is 1. The van der Waals surface area contributed by atoms with Gasteiger partial charge < -0.3 is 9.88 Å². The molecule has 1 aromatic heterocycles. The topological polar surface area (TPSA) is 93.9 Å². The fourth-order valence-electron chi connectivity index (χ4n) is 2.36. The molecule has 0 aliphatic carbocycles. The summed E-state index contributed by atoms with van der Waals surface area (Å²) in [5.74, 6) is -0.987. The molecule has 146 valence electrons. The number of para-hydroxylation sites is 1. The van der Waals surface area contributed by atoms with Gasteiger partial charge in [0, 0.05) is 7.05 Å². The standard InChI is InChI=1S/C18H17FN4O3S2/c1-23-16(12-28(25,26)13-7-3-2-4-8-13)21-22-18(23)27-11-17(24)20-15-10-6-5-9-14(15)19/h2-10H,11-12H2,1H3,(H,20,24). The Morgan fingerprint density at radius 1 is 1.11 bits per heavy atom. The molecule has 0 aliphatic heterocycles. The number of nitrogens with zero attached hydrogens (tertiary/aromatic N) is 3. The van der Waals surface area contributed by atoms with Gasteiger partial charge in [0.05, 0.1) is 16.3 Å². The Morgan fingerprint density at radius 2 is 1.79 bits per heavy atom. The van der Waals surface area contributed by atoms with Crippen LogP contribution in [0.4, 0.5) is 10.1 Å². The Balaban J connectivity index is 1.63. The minimum absolute atomic E-state index is 0.0221. The van der Waals surface area contributed by atoms with Crippen molar-refractivity contribution in [2.24, 2.45) is 7.05 Å². The van der Waals surface area contributed by atoms with Gasteiger partial charge in [-0.05, 0) is 24.3 Å². The zero-order valence-corrected chi connectivity index (χ0v) is 16.5. The van der Waals surface area contributed by atoms with Crippen molar-refractivity contribution in [1.29, 1.82) is 0 Å². The smallest absolute Gasteiger partial charge is 0.234 e. The van der Waals surface area contributed by atoms with Crippen LogP contribution in [0.3, 0.4) is 0 Å². The number of halogens is 1. The van der Waals surface area contributed by atoms with Crippen molar-refractivity contribution in [3.05, 3.63) is 66.2 Å². The maximum Gasteiger partial charge on any atom is 0.234 e.